The van der Waals surface area contributed by atoms with Crippen molar-refractivity contribution in [3.05, 3.63) is 47.2 Å². The summed E-state index contributed by atoms with van der Waals surface area (Å²) in [7, 11) is 0. The number of hydrogen-bond donors (Lipinski definition) is 1. The second kappa shape index (κ2) is 4.30. The van der Waals surface area contributed by atoms with E-state index in [9.17, 15) is 0 Å². The lowest BCUT2D eigenvalue weighted by atomic mass is 9.96. The van der Waals surface area contributed by atoms with Gasteiger partial charge in [0.1, 0.15) is 0 Å². The molecule has 88 valence electrons. The Balaban J connectivity index is 1.84. The van der Waals surface area contributed by atoms with E-state index in [1.54, 1.807) is 0 Å². The van der Waals surface area contributed by atoms with E-state index in [0.29, 0.717) is 11.8 Å². The molecule has 1 N–H and O–H groups in total. The van der Waals surface area contributed by atoms with Crippen LogP contribution in [0.15, 0.2) is 28.7 Å². The highest BCUT2D eigenvalue weighted by molar-refractivity contribution is 5.30. The molecule has 4 heteroatoms. The standard InChI is InChI=1S/C13H15N3O/c1-2-12-15-16-13(17-12)11-7-9-5-3-4-6-10(9)8-14-11/h3-6,11,14H,2,7-8H2,1H3/t11-/m0/s1. The summed E-state index contributed by atoms with van der Waals surface area (Å²) in [5, 5.41) is 11.5. The number of fused-ring (bicyclic) bond motifs is 1. The Kier molecular flexibility index (Phi) is 2.65. The number of hydrogen-bond acceptors (Lipinski definition) is 4. The lowest BCUT2D eigenvalue weighted by Gasteiger charge is -2.23. The molecule has 4 nitrogen and oxygen atoms in total. The van der Waals surface area contributed by atoms with Crippen LogP contribution in [-0.4, -0.2) is 10.2 Å². The fraction of sp³-hybridized carbons (Fsp3) is 0.385. The predicted molar refractivity (Wildman–Crippen MR) is 63.4 cm³/mol. The third-order valence-corrected chi connectivity index (χ3v) is 3.16. The predicted octanol–water partition coefficient (Wildman–Crippen LogP) is 2.02. The van der Waals surface area contributed by atoms with Crippen molar-refractivity contribution in [1.29, 1.82) is 0 Å². The number of aryl methyl sites for hydroxylation is 1. The molecule has 1 atom stereocenters. The lowest BCUT2D eigenvalue weighted by molar-refractivity contribution is 0.367. The first-order valence-electron chi connectivity index (χ1n) is 5.99. The van der Waals surface area contributed by atoms with Gasteiger partial charge in [0.2, 0.25) is 11.8 Å². The molecule has 1 aliphatic heterocycles. The Hall–Kier alpha value is -1.68. The van der Waals surface area contributed by atoms with Crippen molar-refractivity contribution in [1.82, 2.24) is 15.5 Å². The number of nitrogens with one attached hydrogen (secondary N) is 1. The molecule has 0 fully saturated rings. The van der Waals surface area contributed by atoms with Crippen molar-refractivity contribution >= 4 is 0 Å². The van der Waals surface area contributed by atoms with Crippen LogP contribution in [0.2, 0.25) is 0 Å². The molecule has 1 aromatic carbocycles. The summed E-state index contributed by atoms with van der Waals surface area (Å²) in [6.07, 6.45) is 1.71. The van der Waals surface area contributed by atoms with E-state index in [-0.39, 0.29) is 6.04 Å². The van der Waals surface area contributed by atoms with Gasteiger partial charge in [0.05, 0.1) is 6.04 Å². The molecule has 0 spiro atoms. The Morgan fingerprint density at radius 1 is 1.29 bits per heavy atom. The maximum atomic E-state index is 5.60. The van der Waals surface area contributed by atoms with E-state index in [2.05, 4.69) is 39.8 Å². The summed E-state index contributed by atoms with van der Waals surface area (Å²) in [5.74, 6) is 1.41. The number of benzene rings is 1. The molecule has 2 aromatic rings. The van der Waals surface area contributed by atoms with Crippen LogP contribution in [-0.2, 0) is 19.4 Å². The number of nitrogens with zero attached hydrogens (tertiary/aromatic N) is 2. The third-order valence-electron chi connectivity index (χ3n) is 3.16. The highest BCUT2D eigenvalue weighted by Gasteiger charge is 2.23. The molecule has 0 radical (unpaired) electrons. The Bertz CT molecular complexity index is 521. The summed E-state index contributed by atoms with van der Waals surface area (Å²) in [6, 6.07) is 8.62. The molecule has 17 heavy (non-hydrogen) atoms. The van der Waals surface area contributed by atoms with Crippen molar-refractivity contribution in [3.63, 3.8) is 0 Å². The van der Waals surface area contributed by atoms with Gasteiger partial charge in [0.15, 0.2) is 0 Å². The van der Waals surface area contributed by atoms with Crippen LogP contribution < -0.4 is 5.32 Å². The molecule has 1 aliphatic rings. The fourth-order valence-electron chi connectivity index (χ4n) is 2.18. The average Bonchev–Trinajstić information content (AvgIpc) is 2.87. The second-order valence-corrected chi connectivity index (χ2v) is 4.29. The van der Waals surface area contributed by atoms with Gasteiger partial charge in [-0.3, -0.25) is 0 Å². The van der Waals surface area contributed by atoms with E-state index < -0.39 is 0 Å². The smallest absolute Gasteiger partial charge is 0.233 e. The van der Waals surface area contributed by atoms with Crippen LogP contribution >= 0.6 is 0 Å². The van der Waals surface area contributed by atoms with Crippen molar-refractivity contribution in [2.45, 2.75) is 32.4 Å². The molecule has 0 aliphatic carbocycles. The van der Waals surface area contributed by atoms with Gasteiger partial charge in [-0.15, -0.1) is 10.2 Å². The molecular formula is C13H15N3O. The Labute approximate surface area is 100 Å². The molecule has 0 unspecified atom stereocenters. The van der Waals surface area contributed by atoms with Gasteiger partial charge in [0, 0.05) is 13.0 Å². The molecule has 3 rings (SSSR count). The van der Waals surface area contributed by atoms with E-state index >= 15 is 0 Å². The molecular weight excluding hydrogens is 214 g/mol. The second-order valence-electron chi connectivity index (χ2n) is 4.29. The fourth-order valence-corrected chi connectivity index (χ4v) is 2.18. The number of aromatic nitrogens is 2. The van der Waals surface area contributed by atoms with Crippen LogP contribution in [0.25, 0.3) is 0 Å². The maximum absolute atomic E-state index is 5.60. The zero-order valence-electron chi connectivity index (χ0n) is 9.81. The minimum Gasteiger partial charge on any atom is -0.424 e. The number of rotatable bonds is 2. The first-order chi connectivity index (χ1) is 8.36. The highest BCUT2D eigenvalue weighted by atomic mass is 16.4. The topological polar surface area (TPSA) is 51.0 Å². The summed E-state index contributed by atoms with van der Waals surface area (Å²) in [6.45, 7) is 2.88. The van der Waals surface area contributed by atoms with Crippen molar-refractivity contribution < 1.29 is 4.42 Å². The summed E-state index contributed by atoms with van der Waals surface area (Å²) < 4.78 is 5.60. The molecule has 0 saturated carbocycles. The zero-order valence-corrected chi connectivity index (χ0v) is 9.81. The van der Waals surface area contributed by atoms with Gasteiger partial charge in [-0.2, -0.15) is 0 Å². The van der Waals surface area contributed by atoms with Crippen LogP contribution in [0.1, 0.15) is 35.9 Å². The van der Waals surface area contributed by atoms with E-state index in [0.717, 1.165) is 19.4 Å². The first-order valence-corrected chi connectivity index (χ1v) is 5.99. The van der Waals surface area contributed by atoms with Gasteiger partial charge in [0.25, 0.3) is 0 Å². The van der Waals surface area contributed by atoms with Crippen LogP contribution in [0.5, 0.6) is 0 Å². The lowest BCUT2D eigenvalue weighted by Crippen LogP contribution is -2.28. The largest absolute Gasteiger partial charge is 0.424 e. The van der Waals surface area contributed by atoms with Gasteiger partial charge in [-0.05, 0) is 17.5 Å². The van der Waals surface area contributed by atoms with Crippen LogP contribution in [0.3, 0.4) is 0 Å². The van der Waals surface area contributed by atoms with E-state index in [1.165, 1.54) is 11.1 Å². The minimum atomic E-state index is 0.151. The van der Waals surface area contributed by atoms with Crippen molar-refractivity contribution in [2.75, 3.05) is 0 Å². The summed E-state index contributed by atoms with van der Waals surface area (Å²) in [5.41, 5.74) is 2.73. The summed E-state index contributed by atoms with van der Waals surface area (Å²) in [4.78, 5) is 0. The highest BCUT2D eigenvalue weighted by Crippen LogP contribution is 2.24. The molecule has 0 saturated heterocycles. The average molecular weight is 229 g/mol. The Morgan fingerprint density at radius 2 is 2.12 bits per heavy atom. The molecule has 0 bridgehead atoms. The van der Waals surface area contributed by atoms with Gasteiger partial charge < -0.3 is 9.73 Å². The van der Waals surface area contributed by atoms with Crippen LogP contribution in [0.4, 0.5) is 0 Å². The van der Waals surface area contributed by atoms with Crippen molar-refractivity contribution in [2.24, 2.45) is 0 Å². The van der Waals surface area contributed by atoms with E-state index in [4.69, 9.17) is 4.42 Å². The maximum Gasteiger partial charge on any atom is 0.233 e. The third kappa shape index (κ3) is 1.96. The first kappa shape index (κ1) is 10.5. The molecule has 2 heterocycles. The molecule has 0 amide bonds. The van der Waals surface area contributed by atoms with Gasteiger partial charge >= 0.3 is 0 Å². The molecule has 1 aromatic heterocycles. The normalized spacial score (nSPS) is 19.0. The monoisotopic (exact) mass is 229 g/mol. The van der Waals surface area contributed by atoms with Crippen molar-refractivity contribution in [3.8, 4) is 0 Å². The quantitative estimate of drug-likeness (QED) is 0.856. The van der Waals surface area contributed by atoms with E-state index in [1.807, 2.05) is 6.92 Å². The summed E-state index contributed by atoms with van der Waals surface area (Å²) >= 11 is 0. The minimum absolute atomic E-state index is 0.151. The van der Waals surface area contributed by atoms with Gasteiger partial charge in [-0.1, -0.05) is 31.2 Å². The SMILES string of the molecule is CCc1nnc([C@@H]2Cc3ccccc3CN2)o1. The Morgan fingerprint density at radius 3 is 2.88 bits per heavy atom. The van der Waals surface area contributed by atoms with Crippen LogP contribution in [0, 0.1) is 0 Å². The zero-order chi connectivity index (χ0) is 11.7. The van der Waals surface area contributed by atoms with Gasteiger partial charge in [-0.25, -0.2) is 0 Å².